The van der Waals surface area contributed by atoms with Crippen molar-refractivity contribution in [2.24, 2.45) is 0 Å². The molecular formula is C22H20N4. The van der Waals surface area contributed by atoms with Crippen molar-refractivity contribution in [3.63, 3.8) is 0 Å². The van der Waals surface area contributed by atoms with Gasteiger partial charge in [0.05, 0.1) is 5.69 Å². The van der Waals surface area contributed by atoms with Crippen LogP contribution in [0.25, 0.3) is 10.8 Å². The van der Waals surface area contributed by atoms with Gasteiger partial charge >= 0.3 is 0 Å². The first-order valence-electron chi connectivity index (χ1n) is 8.81. The van der Waals surface area contributed by atoms with Crippen LogP contribution in [-0.4, -0.2) is 21.7 Å². The zero-order valence-electron chi connectivity index (χ0n) is 14.5. The third-order valence-electron chi connectivity index (χ3n) is 4.43. The minimum Gasteiger partial charge on any atom is -0.368 e. The molecule has 0 spiro atoms. The first-order chi connectivity index (χ1) is 12.9. The van der Waals surface area contributed by atoms with Crippen LogP contribution in [0.3, 0.4) is 0 Å². The monoisotopic (exact) mass is 340 g/mol. The van der Waals surface area contributed by atoms with Crippen LogP contribution in [0.4, 0.5) is 5.82 Å². The Hall–Kier alpha value is -3.27. The second-order valence-electron chi connectivity index (χ2n) is 6.24. The van der Waals surface area contributed by atoms with E-state index >= 15 is 0 Å². The van der Waals surface area contributed by atoms with Crippen molar-refractivity contribution in [1.82, 2.24) is 15.2 Å². The smallest absolute Gasteiger partial charge is 0.156 e. The van der Waals surface area contributed by atoms with E-state index < -0.39 is 0 Å². The van der Waals surface area contributed by atoms with E-state index in [9.17, 15) is 0 Å². The molecule has 0 amide bonds. The fourth-order valence-electron chi connectivity index (χ4n) is 3.08. The van der Waals surface area contributed by atoms with Gasteiger partial charge in [0.25, 0.3) is 0 Å². The minimum absolute atomic E-state index is 0.750. The SMILES string of the molecule is c1ccc(CCNc2nnc(Cc3ccncc3)c3ccccc23)cc1. The molecule has 2 heterocycles. The number of fused-ring (bicyclic) bond motifs is 1. The Morgan fingerprint density at radius 2 is 1.42 bits per heavy atom. The number of nitrogens with one attached hydrogen (secondary N) is 1. The van der Waals surface area contributed by atoms with E-state index in [0.717, 1.165) is 41.7 Å². The van der Waals surface area contributed by atoms with Crippen LogP contribution in [0.1, 0.15) is 16.8 Å². The third kappa shape index (κ3) is 3.70. The lowest BCUT2D eigenvalue weighted by atomic mass is 10.0. The highest BCUT2D eigenvalue weighted by molar-refractivity contribution is 5.93. The molecule has 0 saturated carbocycles. The van der Waals surface area contributed by atoms with Crippen LogP contribution in [0.5, 0.6) is 0 Å². The number of pyridine rings is 1. The molecule has 0 radical (unpaired) electrons. The summed E-state index contributed by atoms with van der Waals surface area (Å²) in [7, 11) is 0. The van der Waals surface area contributed by atoms with Gasteiger partial charge in [-0.3, -0.25) is 4.98 Å². The van der Waals surface area contributed by atoms with Gasteiger partial charge in [-0.05, 0) is 29.7 Å². The number of nitrogens with zero attached hydrogens (tertiary/aromatic N) is 3. The van der Waals surface area contributed by atoms with E-state index in [0.29, 0.717) is 0 Å². The summed E-state index contributed by atoms with van der Waals surface area (Å²) in [5, 5.41) is 14.6. The Morgan fingerprint density at radius 1 is 0.692 bits per heavy atom. The number of benzene rings is 2. The highest BCUT2D eigenvalue weighted by Crippen LogP contribution is 2.24. The number of hydrogen-bond donors (Lipinski definition) is 1. The highest BCUT2D eigenvalue weighted by atomic mass is 15.2. The molecule has 4 heteroatoms. The largest absolute Gasteiger partial charge is 0.368 e. The summed E-state index contributed by atoms with van der Waals surface area (Å²) in [6, 6.07) is 22.8. The fraction of sp³-hybridized carbons (Fsp3) is 0.136. The van der Waals surface area contributed by atoms with Gasteiger partial charge < -0.3 is 5.32 Å². The van der Waals surface area contributed by atoms with Gasteiger partial charge in [0.2, 0.25) is 0 Å². The van der Waals surface area contributed by atoms with Crippen LogP contribution < -0.4 is 5.32 Å². The van der Waals surface area contributed by atoms with E-state index in [1.165, 1.54) is 11.1 Å². The average Bonchev–Trinajstić information content (AvgIpc) is 2.71. The molecule has 0 atom stereocenters. The topological polar surface area (TPSA) is 50.7 Å². The molecule has 0 unspecified atom stereocenters. The number of hydrogen-bond acceptors (Lipinski definition) is 4. The Morgan fingerprint density at radius 3 is 2.23 bits per heavy atom. The molecule has 0 aliphatic carbocycles. The van der Waals surface area contributed by atoms with E-state index in [2.05, 4.69) is 56.9 Å². The Bertz CT molecular complexity index is 985. The molecule has 2 aromatic heterocycles. The lowest BCUT2D eigenvalue weighted by molar-refractivity contribution is 0.935. The van der Waals surface area contributed by atoms with E-state index in [4.69, 9.17) is 0 Å². The minimum atomic E-state index is 0.750. The zero-order valence-corrected chi connectivity index (χ0v) is 14.5. The summed E-state index contributed by atoms with van der Waals surface area (Å²) in [6.07, 6.45) is 5.32. The van der Waals surface area contributed by atoms with Crippen molar-refractivity contribution >= 4 is 16.6 Å². The van der Waals surface area contributed by atoms with Gasteiger partial charge in [-0.1, -0.05) is 54.6 Å². The summed E-state index contributed by atoms with van der Waals surface area (Å²) in [5.74, 6) is 0.843. The van der Waals surface area contributed by atoms with Crippen molar-refractivity contribution in [2.45, 2.75) is 12.8 Å². The van der Waals surface area contributed by atoms with Gasteiger partial charge in [-0.15, -0.1) is 5.10 Å². The summed E-state index contributed by atoms with van der Waals surface area (Å²) >= 11 is 0. The molecule has 0 saturated heterocycles. The van der Waals surface area contributed by atoms with Crippen LogP contribution in [0, 0.1) is 0 Å². The van der Waals surface area contributed by atoms with Crippen molar-refractivity contribution < 1.29 is 0 Å². The van der Waals surface area contributed by atoms with Crippen molar-refractivity contribution in [1.29, 1.82) is 0 Å². The maximum Gasteiger partial charge on any atom is 0.156 e. The molecule has 0 aliphatic heterocycles. The van der Waals surface area contributed by atoms with Gasteiger partial charge in [0.15, 0.2) is 5.82 Å². The summed E-state index contributed by atoms with van der Waals surface area (Å²) in [4.78, 5) is 4.08. The maximum absolute atomic E-state index is 4.49. The molecule has 2 aromatic carbocycles. The number of aromatic nitrogens is 3. The molecule has 1 N–H and O–H groups in total. The molecular weight excluding hydrogens is 320 g/mol. The van der Waals surface area contributed by atoms with Crippen molar-refractivity contribution in [3.05, 3.63) is 95.9 Å². The second kappa shape index (κ2) is 7.74. The Labute approximate surface area is 152 Å². The van der Waals surface area contributed by atoms with Gasteiger partial charge in [-0.2, -0.15) is 5.10 Å². The molecule has 26 heavy (non-hydrogen) atoms. The normalized spacial score (nSPS) is 10.8. The predicted octanol–water partition coefficient (Wildman–Crippen LogP) is 4.27. The van der Waals surface area contributed by atoms with Crippen molar-refractivity contribution in [3.8, 4) is 0 Å². The Kier molecular flexibility index (Phi) is 4.83. The summed E-state index contributed by atoms with van der Waals surface area (Å²) in [6.45, 7) is 0.826. The van der Waals surface area contributed by atoms with Crippen LogP contribution >= 0.6 is 0 Å². The quantitative estimate of drug-likeness (QED) is 0.569. The lowest BCUT2D eigenvalue weighted by Gasteiger charge is -2.11. The lowest BCUT2D eigenvalue weighted by Crippen LogP contribution is -2.09. The molecule has 0 fully saturated rings. The first kappa shape index (κ1) is 16.2. The maximum atomic E-state index is 4.49. The van der Waals surface area contributed by atoms with E-state index in [1.54, 1.807) is 0 Å². The number of anilines is 1. The molecule has 0 aliphatic rings. The van der Waals surface area contributed by atoms with Gasteiger partial charge in [-0.25, -0.2) is 0 Å². The van der Waals surface area contributed by atoms with Crippen LogP contribution in [-0.2, 0) is 12.8 Å². The van der Waals surface area contributed by atoms with E-state index in [1.807, 2.05) is 42.7 Å². The molecule has 128 valence electrons. The second-order valence-corrected chi connectivity index (χ2v) is 6.24. The van der Waals surface area contributed by atoms with E-state index in [-0.39, 0.29) is 0 Å². The number of rotatable bonds is 6. The molecule has 4 aromatic rings. The third-order valence-corrected chi connectivity index (χ3v) is 4.43. The van der Waals surface area contributed by atoms with Crippen LogP contribution in [0.15, 0.2) is 79.1 Å². The zero-order chi connectivity index (χ0) is 17.6. The summed E-state index contributed by atoms with van der Waals surface area (Å²) in [5.41, 5.74) is 3.48. The standard InChI is InChI=1S/C22H20N4/c1-2-6-17(7-3-1)12-15-24-22-20-9-5-4-8-19(20)21(25-26-22)16-18-10-13-23-14-11-18/h1-11,13-14H,12,15-16H2,(H,24,26). The molecule has 0 bridgehead atoms. The summed E-state index contributed by atoms with van der Waals surface area (Å²) < 4.78 is 0. The van der Waals surface area contributed by atoms with Crippen LogP contribution in [0.2, 0.25) is 0 Å². The average molecular weight is 340 g/mol. The predicted molar refractivity (Wildman–Crippen MR) is 105 cm³/mol. The first-order valence-corrected chi connectivity index (χ1v) is 8.81. The Balaban J connectivity index is 1.56. The van der Waals surface area contributed by atoms with Gasteiger partial charge in [0.1, 0.15) is 0 Å². The molecule has 4 nitrogen and oxygen atoms in total. The van der Waals surface area contributed by atoms with Crippen molar-refractivity contribution in [2.75, 3.05) is 11.9 Å². The fourth-order valence-corrected chi connectivity index (χ4v) is 3.08. The van der Waals surface area contributed by atoms with Gasteiger partial charge in [0, 0.05) is 36.1 Å². The highest BCUT2D eigenvalue weighted by Gasteiger charge is 2.09. The molecule has 4 rings (SSSR count).